The average Bonchev–Trinajstić information content (AvgIpc) is 3.28. The predicted molar refractivity (Wildman–Crippen MR) is 99.9 cm³/mol. The number of esters is 1. The van der Waals surface area contributed by atoms with Gasteiger partial charge in [-0.05, 0) is 12.0 Å². The van der Waals surface area contributed by atoms with Crippen LogP contribution in [0.15, 0.2) is 42.7 Å². The Labute approximate surface area is 163 Å². The Hall–Kier alpha value is -2.28. The molecule has 0 radical (unpaired) electrons. The first-order valence-electron chi connectivity index (χ1n) is 9.58. The number of ether oxygens (including phenoxy) is 1. The fourth-order valence-electron chi connectivity index (χ4n) is 3.88. The molecule has 2 atom stereocenters. The summed E-state index contributed by atoms with van der Waals surface area (Å²) in [6.07, 6.45) is 2.66. The molecular weight excluding hydrogens is 366 g/mol. The van der Waals surface area contributed by atoms with Crippen LogP contribution in [-0.2, 0) is 21.7 Å². The van der Waals surface area contributed by atoms with E-state index in [9.17, 15) is 18.7 Å². The van der Waals surface area contributed by atoms with Gasteiger partial charge in [0.25, 0.3) is 0 Å². The zero-order valence-electron chi connectivity index (χ0n) is 16.1. The van der Waals surface area contributed by atoms with Gasteiger partial charge in [-0.3, -0.25) is 0 Å². The van der Waals surface area contributed by atoms with E-state index in [0.29, 0.717) is 6.54 Å². The molecule has 5 nitrogen and oxygen atoms in total. The quantitative estimate of drug-likeness (QED) is 0.727. The maximum atomic E-state index is 13.8. The molecule has 1 saturated carbocycles. The van der Waals surface area contributed by atoms with Gasteiger partial charge >= 0.3 is 5.97 Å². The van der Waals surface area contributed by atoms with Crippen molar-refractivity contribution in [2.24, 2.45) is 5.92 Å². The molecule has 1 heterocycles. The lowest BCUT2D eigenvalue weighted by molar-refractivity contribution is -0.175. The summed E-state index contributed by atoms with van der Waals surface area (Å²) in [5.74, 6) is -3.57. The molecule has 0 amide bonds. The van der Waals surface area contributed by atoms with Gasteiger partial charge in [-0.25, -0.2) is 18.6 Å². The van der Waals surface area contributed by atoms with Crippen LogP contribution in [0.4, 0.5) is 8.78 Å². The zero-order valence-corrected chi connectivity index (χ0v) is 16.1. The standard InChI is InChI=1S/C21H26F2N2O3/c1-15(2)18-24-10-11-25(18)12-13-28-19(26)21(27,16-6-4-3-5-7-16)17-8-9-20(22,23)14-17/h3-7,10-11,15,17,27H,8-9,12-14H2,1-2H3/t17-,21-/m0/s1. The SMILES string of the molecule is CC(C)c1nccn1CCOC(=O)[C@](O)(c1ccccc1)[C@H]1CCC(F)(F)C1. The Morgan fingerprint density at radius 1 is 1.39 bits per heavy atom. The third kappa shape index (κ3) is 4.09. The van der Waals surface area contributed by atoms with Gasteiger partial charge in [0.05, 0.1) is 6.54 Å². The number of halogens is 2. The fraction of sp³-hybridized carbons (Fsp3) is 0.524. The van der Waals surface area contributed by atoms with Crippen molar-refractivity contribution < 1.29 is 23.4 Å². The summed E-state index contributed by atoms with van der Waals surface area (Å²) < 4.78 is 34.8. The molecule has 3 rings (SSSR count). The van der Waals surface area contributed by atoms with Crippen molar-refractivity contribution >= 4 is 5.97 Å². The molecular formula is C21H26F2N2O3. The van der Waals surface area contributed by atoms with Gasteiger partial charge in [-0.15, -0.1) is 0 Å². The molecule has 7 heteroatoms. The normalized spacial score (nSPS) is 20.9. The summed E-state index contributed by atoms with van der Waals surface area (Å²) in [7, 11) is 0. The highest BCUT2D eigenvalue weighted by molar-refractivity contribution is 5.81. The Kier molecular flexibility index (Phi) is 5.84. The van der Waals surface area contributed by atoms with Crippen molar-refractivity contribution in [2.75, 3.05) is 6.61 Å². The summed E-state index contributed by atoms with van der Waals surface area (Å²) in [6.45, 7) is 4.43. The molecule has 1 aliphatic carbocycles. The molecule has 0 spiro atoms. The minimum absolute atomic E-state index is 0.0210. The first-order valence-corrected chi connectivity index (χ1v) is 9.58. The van der Waals surface area contributed by atoms with Crippen molar-refractivity contribution in [3.05, 3.63) is 54.1 Å². The van der Waals surface area contributed by atoms with Crippen LogP contribution >= 0.6 is 0 Å². The van der Waals surface area contributed by atoms with Gasteiger partial charge in [-0.2, -0.15) is 0 Å². The molecule has 1 aromatic heterocycles. The number of carbonyl (C=O) groups is 1. The van der Waals surface area contributed by atoms with Crippen LogP contribution in [0.25, 0.3) is 0 Å². The highest BCUT2D eigenvalue weighted by Crippen LogP contribution is 2.47. The second-order valence-electron chi connectivity index (χ2n) is 7.70. The van der Waals surface area contributed by atoms with Crippen LogP contribution < -0.4 is 0 Å². The van der Waals surface area contributed by atoms with Gasteiger partial charge in [0.15, 0.2) is 5.60 Å². The molecule has 1 aromatic carbocycles. The molecule has 0 bridgehead atoms. The van der Waals surface area contributed by atoms with Gasteiger partial charge in [0.1, 0.15) is 12.4 Å². The third-order valence-corrected chi connectivity index (χ3v) is 5.35. The first-order chi connectivity index (χ1) is 13.2. The average molecular weight is 392 g/mol. The maximum absolute atomic E-state index is 13.8. The van der Waals surface area contributed by atoms with Crippen LogP contribution in [0.3, 0.4) is 0 Å². The Balaban J connectivity index is 1.75. The Morgan fingerprint density at radius 2 is 2.11 bits per heavy atom. The monoisotopic (exact) mass is 392 g/mol. The molecule has 0 aliphatic heterocycles. The van der Waals surface area contributed by atoms with E-state index in [4.69, 9.17) is 4.74 Å². The first kappa shape index (κ1) is 20.5. The molecule has 2 aromatic rings. The number of imidazole rings is 1. The highest BCUT2D eigenvalue weighted by atomic mass is 19.3. The summed E-state index contributed by atoms with van der Waals surface area (Å²) in [6, 6.07) is 8.22. The molecule has 1 aliphatic rings. The number of hydrogen-bond acceptors (Lipinski definition) is 4. The van der Waals surface area contributed by atoms with Gasteiger partial charge in [-0.1, -0.05) is 44.2 Å². The second kappa shape index (κ2) is 7.99. The van der Waals surface area contributed by atoms with Gasteiger partial charge < -0.3 is 14.4 Å². The summed E-state index contributed by atoms with van der Waals surface area (Å²) in [5.41, 5.74) is -1.80. The lowest BCUT2D eigenvalue weighted by Gasteiger charge is -2.32. The second-order valence-corrected chi connectivity index (χ2v) is 7.70. The van der Waals surface area contributed by atoms with Crippen molar-refractivity contribution in [1.29, 1.82) is 0 Å². The lowest BCUT2D eigenvalue weighted by atomic mass is 9.80. The molecule has 0 saturated heterocycles. The number of hydrogen-bond donors (Lipinski definition) is 1. The third-order valence-electron chi connectivity index (χ3n) is 5.35. The van der Waals surface area contributed by atoms with Crippen LogP contribution in [0.5, 0.6) is 0 Å². The Morgan fingerprint density at radius 3 is 2.71 bits per heavy atom. The van der Waals surface area contributed by atoms with Crippen molar-refractivity contribution in [1.82, 2.24) is 9.55 Å². The van der Waals surface area contributed by atoms with Crippen molar-refractivity contribution in [3.8, 4) is 0 Å². The van der Waals surface area contributed by atoms with Crippen molar-refractivity contribution in [2.45, 2.75) is 57.1 Å². The topological polar surface area (TPSA) is 64.4 Å². The van der Waals surface area contributed by atoms with E-state index < -0.39 is 29.8 Å². The number of benzene rings is 1. The predicted octanol–water partition coefficient (Wildman–Crippen LogP) is 3.87. The minimum Gasteiger partial charge on any atom is -0.461 e. The van der Waals surface area contributed by atoms with Crippen molar-refractivity contribution in [3.63, 3.8) is 0 Å². The number of aliphatic hydroxyl groups is 1. The molecule has 28 heavy (non-hydrogen) atoms. The van der Waals surface area contributed by atoms with Crippen LogP contribution in [0, 0.1) is 5.92 Å². The van der Waals surface area contributed by atoms with Crippen LogP contribution in [-0.4, -0.2) is 33.2 Å². The number of rotatable bonds is 7. The summed E-state index contributed by atoms with van der Waals surface area (Å²) >= 11 is 0. The van der Waals surface area contributed by atoms with E-state index in [0.717, 1.165) is 5.82 Å². The van der Waals surface area contributed by atoms with E-state index in [2.05, 4.69) is 4.98 Å². The number of nitrogens with zero attached hydrogens (tertiary/aromatic N) is 2. The van der Waals surface area contributed by atoms with Crippen LogP contribution in [0.1, 0.15) is 50.4 Å². The van der Waals surface area contributed by atoms with Gasteiger partial charge in [0.2, 0.25) is 5.92 Å². The molecule has 1 fully saturated rings. The molecule has 0 unspecified atom stereocenters. The Bertz CT molecular complexity index is 807. The van der Waals surface area contributed by atoms with E-state index >= 15 is 0 Å². The summed E-state index contributed by atoms with van der Waals surface area (Å²) in [4.78, 5) is 17.1. The maximum Gasteiger partial charge on any atom is 0.343 e. The van der Waals surface area contributed by atoms with E-state index in [1.54, 1.807) is 42.7 Å². The minimum atomic E-state index is -2.88. The number of carbonyl (C=O) groups excluding carboxylic acids is 1. The van der Waals surface area contributed by atoms with Crippen LogP contribution in [0.2, 0.25) is 0 Å². The molecule has 152 valence electrons. The number of aromatic nitrogens is 2. The summed E-state index contributed by atoms with van der Waals surface area (Å²) in [5, 5.41) is 11.3. The van der Waals surface area contributed by atoms with E-state index in [1.165, 1.54) is 0 Å². The fourth-order valence-corrected chi connectivity index (χ4v) is 3.88. The number of alkyl halides is 2. The molecule has 1 N–H and O–H groups in total. The van der Waals surface area contributed by atoms with Gasteiger partial charge in [0, 0.05) is 37.1 Å². The smallest absolute Gasteiger partial charge is 0.343 e. The van der Waals surface area contributed by atoms with E-state index in [-0.39, 0.29) is 30.9 Å². The lowest BCUT2D eigenvalue weighted by Crippen LogP contribution is -2.44. The van der Waals surface area contributed by atoms with E-state index in [1.807, 2.05) is 18.4 Å². The zero-order chi connectivity index (χ0) is 20.4. The highest BCUT2D eigenvalue weighted by Gasteiger charge is 2.54. The largest absolute Gasteiger partial charge is 0.461 e.